The molecule has 2 saturated heterocycles. The number of thioether (sulfide) groups is 1. The van der Waals surface area contributed by atoms with E-state index in [1.807, 2.05) is 42.5 Å². The van der Waals surface area contributed by atoms with Crippen molar-refractivity contribution in [1.29, 1.82) is 0 Å². The molecule has 2 fully saturated rings. The molecule has 0 radical (unpaired) electrons. The summed E-state index contributed by atoms with van der Waals surface area (Å²) in [5.74, 6) is 1.61. The van der Waals surface area contributed by atoms with Gasteiger partial charge in [-0.15, -0.1) is 0 Å². The number of ether oxygens (including phenoxy) is 3. The van der Waals surface area contributed by atoms with Crippen LogP contribution in [0.3, 0.4) is 0 Å². The van der Waals surface area contributed by atoms with Crippen LogP contribution in [-0.2, 0) is 16.0 Å². The molecule has 0 bridgehead atoms. The Bertz CT molecular complexity index is 1020. The molecule has 9 heteroatoms. The molecule has 2 aliphatic heterocycles. The summed E-state index contributed by atoms with van der Waals surface area (Å²) in [6.07, 6.45) is 2.20. The van der Waals surface area contributed by atoms with E-state index in [0.29, 0.717) is 22.8 Å². The highest BCUT2D eigenvalue weighted by Crippen LogP contribution is 2.36. The van der Waals surface area contributed by atoms with Gasteiger partial charge >= 0.3 is 0 Å². The van der Waals surface area contributed by atoms with Gasteiger partial charge in [-0.2, -0.15) is 0 Å². The molecule has 2 aromatic rings. The number of methoxy groups -OCH3 is 3. The van der Waals surface area contributed by atoms with Crippen LogP contribution in [-0.4, -0.2) is 49.7 Å². The van der Waals surface area contributed by atoms with Crippen LogP contribution in [0.25, 0.3) is 6.08 Å². The highest BCUT2D eigenvalue weighted by Gasteiger charge is 2.43. The standard InChI is InChI=1S/C22H23N3O5S/c1-28-15-7-4-13(5-8-15)12-19-21(27)25-22(31-19)23-20(26)16(24-25)10-14-6-9-17(29-2)18(11-14)30-3/h4-9,11-12,16,22,24H,10H2,1-3H3,(H,23,26)/b19-12-. The van der Waals surface area contributed by atoms with Crippen molar-refractivity contribution in [1.82, 2.24) is 15.8 Å². The quantitative estimate of drug-likeness (QED) is 0.664. The zero-order valence-corrected chi connectivity index (χ0v) is 18.2. The maximum Gasteiger partial charge on any atom is 0.277 e. The minimum absolute atomic E-state index is 0.165. The van der Waals surface area contributed by atoms with Crippen molar-refractivity contribution >= 4 is 29.7 Å². The van der Waals surface area contributed by atoms with E-state index in [0.717, 1.165) is 16.9 Å². The molecule has 2 heterocycles. The molecule has 0 saturated carbocycles. The van der Waals surface area contributed by atoms with Crippen LogP contribution in [0.2, 0.25) is 0 Å². The second-order valence-corrected chi connectivity index (χ2v) is 8.13. The van der Waals surface area contributed by atoms with Gasteiger partial charge in [-0.25, -0.2) is 10.4 Å². The number of carbonyl (C=O) groups excluding carboxylic acids is 2. The van der Waals surface area contributed by atoms with Gasteiger partial charge in [0.2, 0.25) is 5.91 Å². The van der Waals surface area contributed by atoms with E-state index >= 15 is 0 Å². The number of rotatable bonds is 6. The summed E-state index contributed by atoms with van der Waals surface area (Å²) < 4.78 is 15.8. The number of amides is 2. The molecule has 2 N–H and O–H groups in total. The molecule has 162 valence electrons. The van der Waals surface area contributed by atoms with Gasteiger partial charge < -0.3 is 19.5 Å². The summed E-state index contributed by atoms with van der Waals surface area (Å²) in [6, 6.07) is 12.3. The average Bonchev–Trinajstić information content (AvgIpc) is 3.08. The second-order valence-electron chi connectivity index (χ2n) is 7.01. The normalized spacial score (nSPS) is 21.6. The number of nitrogens with one attached hydrogen (secondary N) is 2. The van der Waals surface area contributed by atoms with Crippen LogP contribution in [0.1, 0.15) is 11.1 Å². The van der Waals surface area contributed by atoms with Crippen molar-refractivity contribution in [3.63, 3.8) is 0 Å². The van der Waals surface area contributed by atoms with Crippen LogP contribution < -0.4 is 25.0 Å². The van der Waals surface area contributed by atoms with Gasteiger partial charge in [0.25, 0.3) is 5.91 Å². The van der Waals surface area contributed by atoms with Gasteiger partial charge in [0, 0.05) is 0 Å². The summed E-state index contributed by atoms with van der Waals surface area (Å²) in [4.78, 5) is 26.1. The van der Waals surface area contributed by atoms with Crippen LogP contribution in [0.4, 0.5) is 0 Å². The molecule has 2 amide bonds. The van der Waals surface area contributed by atoms with Crippen molar-refractivity contribution < 1.29 is 23.8 Å². The number of hydrogen-bond donors (Lipinski definition) is 2. The summed E-state index contributed by atoms with van der Waals surface area (Å²) >= 11 is 1.31. The Morgan fingerprint density at radius 2 is 1.74 bits per heavy atom. The zero-order valence-electron chi connectivity index (χ0n) is 17.4. The molecule has 31 heavy (non-hydrogen) atoms. The molecule has 8 nitrogen and oxygen atoms in total. The molecule has 0 aliphatic carbocycles. The Labute approximate surface area is 184 Å². The van der Waals surface area contributed by atoms with Crippen LogP contribution in [0.15, 0.2) is 47.4 Å². The third kappa shape index (κ3) is 4.33. The lowest BCUT2D eigenvalue weighted by molar-refractivity contribution is -0.139. The van der Waals surface area contributed by atoms with Crippen LogP contribution in [0.5, 0.6) is 17.2 Å². The van der Waals surface area contributed by atoms with Crippen molar-refractivity contribution in [2.45, 2.75) is 18.0 Å². The number of hydrogen-bond acceptors (Lipinski definition) is 7. The number of fused-ring (bicyclic) bond motifs is 1. The van der Waals surface area contributed by atoms with Crippen LogP contribution >= 0.6 is 11.8 Å². The molecule has 4 rings (SSSR count). The molecular weight excluding hydrogens is 418 g/mol. The summed E-state index contributed by atoms with van der Waals surface area (Å²) in [6.45, 7) is 0. The largest absolute Gasteiger partial charge is 0.497 e. The number of benzene rings is 2. The Hall–Kier alpha value is -3.17. The Morgan fingerprint density at radius 1 is 1.00 bits per heavy atom. The van der Waals surface area contributed by atoms with Crippen LogP contribution in [0, 0.1) is 0 Å². The first kappa shape index (κ1) is 21.1. The molecule has 0 spiro atoms. The topological polar surface area (TPSA) is 89.1 Å². The van der Waals surface area contributed by atoms with Gasteiger partial charge in [0.05, 0.1) is 26.2 Å². The monoisotopic (exact) mass is 441 g/mol. The van der Waals surface area contributed by atoms with Gasteiger partial charge in [0.1, 0.15) is 11.8 Å². The second kappa shape index (κ2) is 8.91. The van der Waals surface area contributed by atoms with E-state index in [9.17, 15) is 9.59 Å². The highest BCUT2D eigenvalue weighted by atomic mass is 32.2. The first-order valence-corrected chi connectivity index (χ1v) is 10.5. The summed E-state index contributed by atoms with van der Waals surface area (Å²) in [7, 11) is 4.74. The number of nitrogens with zero attached hydrogens (tertiary/aromatic N) is 1. The van der Waals surface area contributed by atoms with Gasteiger partial charge in [-0.1, -0.05) is 30.0 Å². The maximum atomic E-state index is 12.9. The molecule has 2 unspecified atom stereocenters. The van der Waals surface area contributed by atoms with Gasteiger partial charge in [0.15, 0.2) is 17.0 Å². The third-order valence-corrected chi connectivity index (χ3v) is 6.18. The van der Waals surface area contributed by atoms with Crippen molar-refractivity contribution in [2.75, 3.05) is 21.3 Å². The van der Waals surface area contributed by atoms with E-state index in [4.69, 9.17) is 14.2 Å². The lowest BCUT2D eigenvalue weighted by atomic mass is 10.0. The van der Waals surface area contributed by atoms with Crippen molar-refractivity contribution in [3.8, 4) is 17.2 Å². The Morgan fingerprint density at radius 3 is 2.42 bits per heavy atom. The minimum Gasteiger partial charge on any atom is -0.497 e. The predicted octanol–water partition coefficient (Wildman–Crippen LogP) is 2.16. The zero-order chi connectivity index (χ0) is 22.0. The molecule has 2 aliphatic rings. The van der Waals surface area contributed by atoms with Gasteiger partial charge in [-0.05, 0) is 47.9 Å². The lowest BCUT2D eigenvalue weighted by Gasteiger charge is -2.35. The molecule has 0 aromatic heterocycles. The van der Waals surface area contributed by atoms with E-state index in [-0.39, 0.29) is 11.8 Å². The number of hydrazine groups is 1. The highest BCUT2D eigenvalue weighted by molar-refractivity contribution is 8.05. The van der Waals surface area contributed by atoms with E-state index < -0.39 is 11.5 Å². The van der Waals surface area contributed by atoms with E-state index in [1.165, 1.54) is 16.8 Å². The number of carbonyl (C=O) groups is 2. The Balaban J connectivity index is 1.48. The van der Waals surface area contributed by atoms with E-state index in [2.05, 4.69) is 10.7 Å². The fourth-order valence-corrected chi connectivity index (χ4v) is 4.53. The average molecular weight is 442 g/mol. The van der Waals surface area contributed by atoms with E-state index in [1.54, 1.807) is 27.4 Å². The summed E-state index contributed by atoms with van der Waals surface area (Å²) in [5.41, 5.74) is 4.37. The smallest absolute Gasteiger partial charge is 0.277 e. The van der Waals surface area contributed by atoms with Crippen molar-refractivity contribution in [2.24, 2.45) is 0 Å². The SMILES string of the molecule is COc1ccc(/C=C2\SC3NC(=O)C(Cc4ccc(OC)c(OC)c4)NN3C2=O)cc1. The fourth-order valence-electron chi connectivity index (χ4n) is 3.45. The lowest BCUT2D eigenvalue weighted by Crippen LogP contribution is -2.65. The molecular formula is C22H23N3O5S. The first-order valence-electron chi connectivity index (χ1n) is 9.66. The Kier molecular flexibility index (Phi) is 6.06. The predicted molar refractivity (Wildman–Crippen MR) is 118 cm³/mol. The van der Waals surface area contributed by atoms with Gasteiger partial charge in [-0.3, -0.25) is 9.59 Å². The summed E-state index contributed by atoms with van der Waals surface area (Å²) in [5, 5.41) is 4.39. The minimum atomic E-state index is -0.584. The third-order valence-electron chi connectivity index (χ3n) is 5.08. The fraction of sp³-hybridized carbons (Fsp3) is 0.273. The molecule has 2 atom stereocenters. The first-order chi connectivity index (χ1) is 15.0. The molecule has 2 aromatic carbocycles. The van der Waals surface area contributed by atoms with Crippen molar-refractivity contribution in [3.05, 3.63) is 58.5 Å². The maximum absolute atomic E-state index is 12.9.